The molecule has 2 fully saturated rings. The van der Waals surface area contributed by atoms with E-state index in [0.29, 0.717) is 11.7 Å². The molecule has 196 valence electrons. The Kier molecular flexibility index (Phi) is 15.5. The van der Waals surface area contributed by atoms with Gasteiger partial charge in [-0.15, -0.1) is 0 Å². The molecule has 0 aromatic rings. The van der Waals surface area contributed by atoms with Gasteiger partial charge in [-0.25, -0.2) is 0 Å². The topological polar surface area (TPSA) is 26.3 Å². The number of rotatable bonds is 12. The number of carbonyl (C=O) groups is 1. The van der Waals surface area contributed by atoms with Crippen molar-refractivity contribution in [1.82, 2.24) is 0 Å². The first-order valence-corrected chi connectivity index (χ1v) is 14.6. The lowest BCUT2D eigenvalue weighted by molar-refractivity contribution is -0.145. The Morgan fingerprint density at radius 3 is 1.97 bits per heavy atom. The number of allylic oxidation sites excluding steroid dienone is 3. The lowest BCUT2D eigenvalue weighted by atomic mass is 9.69. The van der Waals surface area contributed by atoms with Crippen LogP contribution >= 0.6 is 0 Å². The zero-order valence-electron chi connectivity index (χ0n) is 23.5. The third-order valence-electron chi connectivity index (χ3n) is 8.50. The zero-order valence-corrected chi connectivity index (χ0v) is 23.5. The number of esters is 1. The molecule has 0 heterocycles. The molecule has 2 aliphatic rings. The summed E-state index contributed by atoms with van der Waals surface area (Å²) in [5.41, 5.74) is 1.08. The molecule has 0 saturated heterocycles. The Labute approximate surface area is 212 Å². The Balaban J connectivity index is 0.00000281. The highest BCUT2D eigenvalue weighted by atomic mass is 16.5. The van der Waals surface area contributed by atoms with Gasteiger partial charge < -0.3 is 4.74 Å². The van der Waals surface area contributed by atoms with Crippen LogP contribution in [0.3, 0.4) is 0 Å². The van der Waals surface area contributed by atoms with Gasteiger partial charge in [-0.3, -0.25) is 4.79 Å². The highest BCUT2D eigenvalue weighted by Gasteiger charge is 2.33. The fourth-order valence-corrected chi connectivity index (χ4v) is 5.72. The maximum atomic E-state index is 12.7. The monoisotopic (exact) mass is 472 g/mol. The molecule has 2 aliphatic carbocycles. The molecule has 2 rings (SSSR count). The van der Waals surface area contributed by atoms with E-state index in [1.807, 2.05) is 26.0 Å². The summed E-state index contributed by atoms with van der Waals surface area (Å²) in [6.07, 6.45) is 20.1. The van der Waals surface area contributed by atoms with E-state index in [4.69, 9.17) is 4.74 Å². The number of carbonyl (C=O) groups excluding carboxylic acids is 1. The molecule has 0 aromatic heterocycles. The van der Waals surface area contributed by atoms with Gasteiger partial charge in [0.2, 0.25) is 0 Å². The molecular formula is C32H56O2. The second-order valence-electron chi connectivity index (χ2n) is 11.0. The van der Waals surface area contributed by atoms with Gasteiger partial charge in [0.1, 0.15) is 5.76 Å². The molecule has 0 spiro atoms. The predicted molar refractivity (Wildman–Crippen MR) is 149 cm³/mol. The first-order valence-electron chi connectivity index (χ1n) is 14.6. The third kappa shape index (κ3) is 11.0. The molecule has 34 heavy (non-hydrogen) atoms. The molecule has 0 aromatic carbocycles. The van der Waals surface area contributed by atoms with Crippen molar-refractivity contribution >= 4 is 5.97 Å². The van der Waals surface area contributed by atoms with Crippen molar-refractivity contribution in [2.45, 2.75) is 125 Å². The van der Waals surface area contributed by atoms with E-state index in [1.54, 1.807) is 0 Å². The van der Waals surface area contributed by atoms with Crippen molar-refractivity contribution in [2.75, 3.05) is 0 Å². The Morgan fingerprint density at radius 2 is 1.44 bits per heavy atom. The smallest absolute Gasteiger partial charge is 0.314 e. The van der Waals surface area contributed by atoms with Crippen LogP contribution in [-0.4, -0.2) is 5.97 Å². The largest absolute Gasteiger partial charge is 0.427 e. The van der Waals surface area contributed by atoms with Crippen LogP contribution in [-0.2, 0) is 9.53 Å². The highest BCUT2D eigenvalue weighted by Crippen LogP contribution is 2.42. The van der Waals surface area contributed by atoms with Crippen LogP contribution in [0.25, 0.3) is 0 Å². The summed E-state index contributed by atoms with van der Waals surface area (Å²) < 4.78 is 5.60. The molecule has 2 heteroatoms. The maximum Gasteiger partial charge on any atom is 0.314 e. The number of hydrogen-bond donors (Lipinski definition) is 0. The molecule has 0 bridgehead atoms. The zero-order chi connectivity index (χ0) is 25.5. The van der Waals surface area contributed by atoms with E-state index in [0.717, 1.165) is 48.5 Å². The van der Waals surface area contributed by atoms with Crippen LogP contribution in [0, 0.1) is 35.5 Å². The van der Waals surface area contributed by atoms with Crippen molar-refractivity contribution in [3.63, 3.8) is 0 Å². The lowest BCUT2D eigenvalue weighted by Gasteiger charge is -2.37. The van der Waals surface area contributed by atoms with E-state index < -0.39 is 0 Å². The van der Waals surface area contributed by atoms with Crippen LogP contribution in [0.1, 0.15) is 125 Å². The van der Waals surface area contributed by atoms with E-state index in [-0.39, 0.29) is 11.9 Å². The van der Waals surface area contributed by atoms with Crippen molar-refractivity contribution in [1.29, 1.82) is 0 Å². The summed E-state index contributed by atoms with van der Waals surface area (Å²) in [7, 11) is 0. The first-order chi connectivity index (χ1) is 16.3. The Bertz CT molecular complexity index is 615. The molecule has 2 atom stereocenters. The van der Waals surface area contributed by atoms with Gasteiger partial charge in [-0.05, 0) is 80.6 Å². The average Bonchev–Trinajstić information content (AvgIpc) is 2.87. The fourth-order valence-electron chi connectivity index (χ4n) is 5.72. The van der Waals surface area contributed by atoms with Crippen molar-refractivity contribution in [2.24, 2.45) is 35.5 Å². The molecule has 0 amide bonds. The fraction of sp³-hybridized carbons (Fsp3) is 0.781. The van der Waals surface area contributed by atoms with Gasteiger partial charge in [-0.2, -0.15) is 0 Å². The Morgan fingerprint density at radius 1 is 0.882 bits per heavy atom. The van der Waals surface area contributed by atoms with E-state index in [9.17, 15) is 4.79 Å². The molecule has 2 saturated carbocycles. The average molecular weight is 473 g/mol. The summed E-state index contributed by atoms with van der Waals surface area (Å²) in [5.74, 6) is 4.30. The molecule has 2 nitrogen and oxygen atoms in total. The van der Waals surface area contributed by atoms with Gasteiger partial charge >= 0.3 is 5.97 Å². The van der Waals surface area contributed by atoms with E-state index in [1.165, 1.54) is 64.2 Å². The maximum absolute atomic E-state index is 12.7. The van der Waals surface area contributed by atoms with E-state index in [2.05, 4.69) is 40.9 Å². The summed E-state index contributed by atoms with van der Waals surface area (Å²) in [5, 5.41) is 0. The molecule has 0 aliphatic heterocycles. The van der Waals surface area contributed by atoms with Gasteiger partial charge in [0.15, 0.2) is 0 Å². The van der Waals surface area contributed by atoms with Crippen molar-refractivity contribution in [3.8, 4) is 0 Å². The van der Waals surface area contributed by atoms with Crippen molar-refractivity contribution in [3.05, 3.63) is 36.6 Å². The molecule has 0 N–H and O–H groups in total. The summed E-state index contributed by atoms with van der Waals surface area (Å²) in [4.78, 5) is 12.7. The third-order valence-corrected chi connectivity index (χ3v) is 8.50. The quantitative estimate of drug-likeness (QED) is 0.160. The van der Waals surface area contributed by atoms with Gasteiger partial charge in [0, 0.05) is 0 Å². The standard InChI is InChI=1S/C30H50O2.C2H6/c1-7-9-26-14-16-27(17-15-26)28-18-20-29(21-19-28)30(31)32-25(6)13-12-24(5)23(4)11-10-22(3)8-2;1-2/h12-13,22-23,26-29H,5-11,14-21H2,1-4H3;1-2H3/b13-12-;. The van der Waals surface area contributed by atoms with Gasteiger partial charge in [0.25, 0.3) is 0 Å². The number of ether oxygens (including phenoxy) is 1. The molecule has 2 unspecified atom stereocenters. The molecule has 0 radical (unpaired) electrons. The molecular weight excluding hydrogens is 416 g/mol. The highest BCUT2D eigenvalue weighted by molar-refractivity contribution is 5.73. The predicted octanol–water partition coefficient (Wildman–Crippen LogP) is 10.1. The minimum absolute atomic E-state index is 0.0467. The van der Waals surface area contributed by atoms with Gasteiger partial charge in [-0.1, -0.05) is 105 Å². The summed E-state index contributed by atoms with van der Waals surface area (Å²) in [6.45, 7) is 21.2. The summed E-state index contributed by atoms with van der Waals surface area (Å²) in [6, 6.07) is 0. The summed E-state index contributed by atoms with van der Waals surface area (Å²) >= 11 is 0. The SMILES string of the molecule is C=C(/C=C\C(=C)C(C)CCC(C)CC)OC(=O)C1CCC(C2CCC(CCC)CC2)CC1.CC. The van der Waals surface area contributed by atoms with Crippen LogP contribution in [0.15, 0.2) is 36.6 Å². The first kappa shape index (κ1) is 30.7. The lowest BCUT2D eigenvalue weighted by Crippen LogP contribution is -2.29. The van der Waals surface area contributed by atoms with Crippen LogP contribution in [0.2, 0.25) is 0 Å². The second-order valence-corrected chi connectivity index (χ2v) is 11.0. The van der Waals surface area contributed by atoms with E-state index >= 15 is 0 Å². The normalized spacial score (nSPS) is 26.8. The minimum atomic E-state index is -0.0832. The van der Waals surface area contributed by atoms with Crippen molar-refractivity contribution < 1.29 is 9.53 Å². The Hall–Kier alpha value is -1.31. The second kappa shape index (κ2) is 17.2. The van der Waals surface area contributed by atoms with Crippen LogP contribution in [0.5, 0.6) is 0 Å². The van der Waals surface area contributed by atoms with Crippen LogP contribution in [0.4, 0.5) is 0 Å². The van der Waals surface area contributed by atoms with Crippen LogP contribution < -0.4 is 0 Å². The number of hydrogen-bond acceptors (Lipinski definition) is 2. The minimum Gasteiger partial charge on any atom is -0.427 e. The van der Waals surface area contributed by atoms with Gasteiger partial charge in [0.05, 0.1) is 5.92 Å².